The number of benzene rings is 5. The van der Waals surface area contributed by atoms with Crippen molar-refractivity contribution in [2.45, 2.75) is 18.5 Å². The van der Waals surface area contributed by atoms with Gasteiger partial charge in [-0.05, 0) is 103 Å². The van der Waals surface area contributed by atoms with Gasteiger partial charge in [0.15, 0.2) is 28.7 Å². The molecule has 2 unspecified atom stereocenters. The maximum atomic E-state index is 13.8. The van der Waals surface area contributed by atoms with Gasteiger partial charge in [-0.2, -0.15) is 39.5 Å². The van der Waals surface area contributed by atoms with E-state index in [1.165, 1.54) is 0 Å². The summed E-state index contributed by atoms with van der Waals surface area (Å²) < 4.78 is 176. The van der Waals surface area contributed by atoms with Gasteiger partial charge in [0.2, 0.25) is 0 Å². The second kappa shape index (κ2) is 15.8. The van der Waals surface area contributed by atoms with Gasteiger partial charge in [-0.15, -0.1) is 0 Å². The lowest BCUT2D eigenvalue weighted by molar-refractivity contribution is -0.138. The van der Waals surface area contributed by atoms with Gasteiger partial charge in [-0.25, -0.2) is 8.78 Å². The van der Waals surface area contributed by atoms with Crippen LogP contribution in [0.3, 0.4) is 0 Å². The van der Waals surface area contributed by atoms with Gasteiger partial charge in [0.05, 0.1) is 25.2 Å². The van der Waals surface area contributed by atoms with Crippen LogP contribution in [0.4, 0.5) is 48.3 Å². The first-order valence-corrected chi connectivity index (χ1v) is 18.6. The Labute approximate surface area is 305 Å². The number of hydrogen-bond acceptors (Lipinski definition) is 6. The van der Waals surface area contributed by atoms with E-state index in [1.807, 2.05) is 0 Å². The number of rotatable bonds is 10. The average molecular weight is 840 g/mol. The van der Waals surface area contributed by atoms with Crippen molar-refractivity contribution in [1.82, 2.24) is 13.0 Å². The molecule has 0 aliphatic rings. The fourth-order valence-electron chi connectivity index (χ4n) is 4.30. The molecule has 0 radical (unpaired) electrons. The Hall–Kier alpha value is -5.37. The molecule has 22 heteroatoms. The number of hydrogen-bond donors (Lipinski definition) is 0. The lowest BCUT2D eigenvalue weighted by Gasteiger charge is -2.17. The van der Waals surface area contributed by atoms with E-state index in [9.17, 15) is 48.3 Å². The Kier molecular flexibility index (Phi) is 11.3. The molecule has 0 N–H and O–H groups in total. The summed E-state index contributed by atoms with van der Waals surface area (Å²) in [4.78, 5) is 11.8. The third kappa shape index (κ3) is 10.0. The molecule has 2 atom stereocenters. The van der Waals surface area contributed by atoms with Crippen LogP contribution in [0, 0.1) is 11.6 Å². The first kappa shape index (κ1) is 39.3. The highest BCUT2D eigenvalue weighted by Crippen LogP contribution is 2.48. The van der Waals surface area contributed by atoms with Crippen LogP contribution in [0.1, 0.15) is 16.7 Å². The Morgan fingerprint density at radius 2 is 0.927 bits per heavy atom. The van der Waals surface area contributed by atoms with E-state index in [1.54, 1.807) is 0 Å². The molecular formula is C33H20F11N3O5P3+. The first-order valence-electron chi connectivity index (χ1n) is 15.1. The molecule has 55 heavy (non-hydrogen) atoms. The van der Waals surface area contributed by atoms with Crippen molar-refractivity contribution >= 4 is 24.2 Å². The molecular weight excluding hydrogens is 820 g/mol. The summed E-state index contributed by atoms with van der Waals surface area (Å²) in [5.74, 6) is -3.12. The second-order valence-corrected chi connectivity index (χ2v) is 15.7. The zero-order valence-corrected chi connectivity index (χ0v) is 29.6. The van der Waals surface area contributed by atoms with Gasteiger partial charge >= 0.3 is 42.8 Å². The van der Waals surface area contributed by atoms with Crippen LogP contribution in [0.25, 0.3) is 0 Å². The van der Waals surface area contributed by atoms with Crippen LogP contribution >= 0.6 is 24.2 Å². The first-order chi connectivity index (χ1) is 25.9. The third-order valence-corrected chi connectivity index (χ3v) is 12.5. The van der Waals surface area contributed by atoms with Crippen molar-refractivity contribution in [2.24, 2.45) is 0 Å². The van der Waals surface area contributed by atoms with Gasteiger partial charge in [0.25, 0.3) is 0 Å². The van der Waals surface area contributed by atoms with Crippen molar-refractivity contribution in [3.8, 4) is 28.7 Å². The molecule has 0 saturated carbocycles. The molecule has 0 saturated heterocycles. The van der Waals surface area contributed by atoms with Gasteiger partial charge in [0, 0.05) is 4.51 Å². The van der Waals surface area contributed by atoms with Crippen molar-refractivity contribution < 1.29 is 71.5 Å². The third-order valence-electron chi connectivity index (χ3n) is 6.79. The maximum absolute atomic E-state index is 13.8. The van der Waals surface area contributed by atoms with Crippen LogP contribution in [0.5, 0.6) is 28.7 Å². The van der Waals surface area contributed by atoms with Crippen LogP contribution in [0.15, 0.2) is 121 Å². The second-order valence-electron chi connectivity index (χ2n) is 10.8. The summed E-state index contributed by atoms with van der Waals surface area (Å²) in [6.45, 7) is 0. The fourth-order valence-corrected chi connectivity index (χ4v) is 10.4. The molecule has 0 bridgehead atoms. The maximum Gasteiger partial charge on any atom is 0.442 e. The minimum atomic E-state index is -4.88. The monoisotopic (exact) mass is 840 g/mol. The summed E-state index contributed by atoms with van der Waals surface area (Å²) in [5.41, 5.74) is -3.54. The summed E-state index contributed by atoms with van der Waals surface area (Å²) in [7, 11) is -8.62. The van der Waals surface area contributed by atoms with E-state index in [4.69, 9.17) is 23.2 Å². The fraction of sp³-hybridized carbons (Fsp3) is 0.0909. The van der Waals surface area contributed by atoms with Gasteiger partial charge in [-0.1, -0.05) is 18.2 Å². The smallest absolute Gasteiger partial charge is 0.357 e. The Bertz CT molecular complexity index is 2180. The quantitative estimate of drug-likeness (QED) is 0.128. The summed E-state index contributed by atoms with van der Waals surface area (Å²) >= 11 is 0. The molecule has 0 aliphatic heterocycles. The highest BCUT2D eigenvalue weighted by atomic mass is 31.2. The van der Waals surface area contributed by atoms with Crippen LogP contribution in [0.2, 0.25) is 0 Å². The summed E-state index contributed by atoms with van der Waals surface area (Å²) in [6.07, 6.45) is -14.6. The van der Waals surface area contributed by atoms with Crippen LogP contribution < -0.4 is 23.2 Å². The Morgan fingerprint density at radius 3 is 1.42 bits per heavy atom. The van der Waals surface area contributed by atoms with Gasteiger partial charge in [-0.3, -0.25) is 0 Å². The molecule has 6 rings (SSSR count). The van der Waals surface area contributed by atoms with E-state index in [-0.39, 0.29) is 11.5 Å². The topological polar surface area (TPSA) is 68.9 Å². The number of halogens is 11. The lowest BCUT2D eigenvalue weighted by Crippen LogP contribution is -2.17. The van der Waals surface area contributed by atoms with Gasteiger partial charge in [0.1, 0.15) is 11.6 Å². The molecule has 8 nitrogen and oxygen atoms in total. The molecule has 1 aromatic heterocycles. The van der Waals surface area contributed by atoms with Crippen molar-refractivity contribution in [3.05, 3.63) is 150 Å². The Balaban J connectivity index is 1.65. The molecule has 288 valence electrons. The minimum Gasteiger partial charge on any atom is -0.357 e. The van der Waals surface area contributed by atoms with Crippen molar-refractivity contribution in [2.75, 3.05) is 0 Å². The lowest BCUT2D eigenvalue weighted by atomic mass is 10.2. The zero-order valence-electron chi connectivity index (χ0n) is 26.9. The predicted molar refractivity (Wildman–Crippen MR) is 178 cm³/mol. The number of aromatic nitrogens is 3. The molecule has 6 aromatic rings. The molecule has 0 aliphatic carbocycles. The minimum absolute atomic E-state index is 0.0908. The van der Waals surface area contributed by atoms with E-state index < -0.39 is 88.3 Å². The molecule has 0 fully saturated rings. The highest BCUT2D eigenvalue weighted by Gasteiger charge is 2.38. The molecule has 0 amide bonds. The largest absolute Gasteiger partial charge is 0.442 e. The van der Waals surface area contributed by atoms with Crippen molar-refractivity contribution in [1.29, 1.82) is 0 Å². The zero-order chi connectivity index (χ0) is 39.5. The summed E-state index contributed by atoms with van der Waals surface area (Å²) in [5, 5.41) is 0. The van der Waals surface area contributed by atoms with Crippen LogP contribution in [-0.4, -0.2) is 13.0 Å². The molecule has 1 heterocycles. The SMILES string of the molecule is Fc1ccc(Op2n[p+](Oc3ccc(F)cc3)n(Oc3cccc(C(F)(F)F)c3)p(Oc3cccc(C(F)(F)F)c3)n2Oc2cccc(C(F)(F)F)c2)cc1. The van der Waals surface area contributed by atoms with E-state index in [0.717, 1.165) is 103 Å². The molecule has 0 spiro atoms. The predicted octanol–water partition coefficient (Wildman–Crippen LogP) is 12.6. The van der Waals surface area contributed by atoms with E-state index in [0.29, 0.717) is 26.7 Å². The average Bonchev–Trinajstić information content (AvgIpc) is 3.12. The normalized spacial score (nSPS) is 12.9. The number of nitrogens with zero attached hydrogens (tertiary/aromatic N) is 3. The van der Waals surface area contributed by atoms with E-state index in [2.05, 4.69) is 4.51 Å². The van der Waals surface area contributed by atoms with E-state index >= 15 is 0 Å². The standard InChI is InChI=1S/C33H20F11N3O5P3/c34-24-10-14-26(15-11-24)50-53-45-54(51-27-16-12-25(35)13-17-27)47(49-29-8-2-5-22(19-29)32(39,40)41)55(52-30-9-3-6-23(20-30)33(42,43)44)46(53)48-28-7-1-4-21(18-28)31(36,37)38/h1-20H/q+1. The molecule has 5 aromatic carbocycles. The highest BCUT2D eigenvalue weighted by molar-refractivity contribution is 7.59. The van der Waals surface area contributed by atoms with Gasteiger partial charge < -0.3 is 23.2 Å². The number of alkyl halides is 9. The Morgan fingerprint density at radius 1 is 0.491 bits per heavy atom. The summed E-state index contributed by atoms with van der Waals surface area (Å²) in [6, 6.07) is 18.7. The van der Waals surface area contributed by atoms with Crippen molar-refractivity contribution in [3.63, 3.8) is 0 Å². The van der Waals surface area contributed by atoms with Crippen LogP contribution in [-0.2, 0) is 18.5 Å².